The van der Waals surface area contributed by atoms with Crippen molar-refractivity contribution in [3.8, 4) is 91.3 Å². The summed E-state index contributed by atoms with van der Waals surface area (Å²) in [6.45, 7) is 0. The molecule has 0 bridgehead atoms. The van der Waals surface area contributed by atoms with E-state index in [9.17, 15) is 0 Å². The van der Waals surface area contributed by atoms with Crippen molar-refractivity contribution in [3.63, 3.8) is 0 Å². The highest BCUT2D eigenvalue weighted by Crippen LogP contribution is 2.53. The van der Waals surface area contributed by atoms with Gasteiger partial charge in [-0.3, -0.25) is 13.7 Å². The second-order valence-corrected chi connectivity index (χ2v) is 38.0. The lowest BCUT2D eigenvalue weighted by Crippen LogP contribution is -2.07. The quantitative estimate of drug-likeness (QED) is 0.128. The van der Waals surface area contributed by atoms with Crippen LogP contribution in [0.1, 0.15) is 0 Å². The lowest BCUT2D eigenvalue weighted by molar-refractivity contribution is 0.953. The minimum atomic E-state index is 0.579. The molecule has 0 aliphatic carbocycles. The van der Waals surface area contributed by atoms with Crippen LogP contribution in [0.25, 0.3) is 275 Å². The monoisotopic (exact) mass is 1870 g/mol. The number of benzene rings is 22. The maximum Gasteiger partial charge on any atom is 0.238 e. The summed E-state index contributed by atoms with van der Waals surface area (Å²) in [4.78, 5) is 31.4. The molecule has 0 amide bonds. The molecule has 22 aromatic carbocycles. The van der Waals surface area contributed by atoms with Gasteiger partial charge in [0.2, 0.25) is 11.9 Å². The van der Waals surface area contributed by atoms with E-state index in [0.717, 1.165) is 128 Å². The highest BCUT2D eigenvalue weighted by atomic mass is 32.1. The minimum Gasteiger partial charge on any atom is -0.307 e. The van der Waals surface area contributed by atoms with E-state index in [1.54, 1.807) is 0 Å². The van der Waals surface area contributed by atoms with Gasteiger partial charge in [0.25, 0.3) is 0 Å². The summed E-state index contributed by atoms with van der Waals surface area (Å²) in [6, 6.07) is 176. The van der Waals surface area contributed by atoms with Gasteiger partial charge in [0.15, 0.2) is 11.6 Å². The molecule has 13 heteroatoms. The first-order valence-corrected chi connectivity index (χ1v) is 49.9. The van der Waals surface area contributed by atoms with Crippen LogP contribution in [0.3, 0.4) is 0 Å². The third kappa shape index (κ3) is 13.2. The third-order valence-electron chi connectivity index (χ3n) is 28.9. The fourth-order valence-electron chi connectivity index (χ4n) is 22.8. The summed E-state index contributed by atoms with van der Waals surface area (Å²) < 4.78 is 16.8. The predicted octanol–water partition coefficient (Wildman–Crippen LogP) is 34.2. The van der Waals surface area contributed by atoms with Gasteiger partial charge in [-0.25, -0.2) is 19.9 Å². The van der Waals surface area contributed by atoms with Crippen LogP contribution in [0.4, 0.5) is 0 Å². The van der Waals surface area contributed by atoms with Crippen molar-refractivity contribution in [2.45, 2.75) is 0 Å². The maximum absolute atomic E-state index is 5.36. The molecule has 0 aliphatic heterocycles. The van der Waals surface area contributed by atoms with Gasteiger partial charge in [-0.05, 0) is 147 Å². The number of rotatable bonds is 11. The fraction of sp³-hybridized carbons (Fsp3) is 0. The van der Waals surface area contributed by atoms with Crippen molar-refractivity contribution in [2.75, 3.05) is 0 Å². The number of para-hydroxylation sites is 9. The largest absolute Gasteiger partial charge is 0.307 e. The minimum absolute atomic E-state index is 0.579. The van der Waals surface area contributed by atoms with Crippen molar-refractivity contribution < 1.29 is 0 Å². The van der Waals surface area contributed by atoms with Crippen LogP contribution in [0, 0.1) is 0 Å². The SMILES string of the molecule is c1ccc(-c2cc(-c3ccccc3)nc(-n3c4ccccc4c4c5ccccc5c5c6ccccc6n(-c6ccccc6)c5c43)n2)cc1.c1ccc(-c2nc(-c3ccccc3)nc(-n3c4ccccc4c4c5ccccc5c5c6ccccc6n(-c6ccccc6)c5c43)n2)cc1.c1ccc(-n2c(-c3ccc(-n4c5c6ccccc6ccc5c5c6ccccc6c6c7ccccc7sc6c54)cc3)nc3ccccc32)cc1. The van der Waals surface area contributed by atoms with Gasteiger partial charge in [-0.15, -0.1) is 11.3 Å². The Morgan fingerprint density at radius 2 is 0.497 bits per heavy atom. The molecule has 0 fully saturated rings. The summed E-state index contributed by atoms with van der Waals surface area (Å²) in [5.74, 6) is 3.42. The highest BCUT2D eigenvalue weighted by molar-refractivity contribution is 7.27. The molecule has 0 spiro atoms. The first-order chi connectivity index (χ1) is 72.0. The van der Waals surface area contributed by atoms with Crippen LogP contribution in [0.2, 0.25) is 0 Å². The summed E-state index contributed by atoms with van der Waals surface area (Å²) in [5, 5.41) is 24.8. The molecule has 145 heavy (non-hydrogen) atoms. The molecule has 0 aliphatic rings. The number of thiophene rings is 1. The third-order valence-corrected chi connectivity index (χ3v) is 30.1. The van der Waals surface area contributed by atoms with Gasteiger partial charge >= 0.3 is 0 Å². The first kappa shape index (κ1) is 82.7. The second kappa shape index (κ2) is 33.7. The van der Waals surface area contributed by atoms with E-state index < -0.39 is 0 Å². The number of hydrogen-bond donors (Lipinski definition) is 0. The lowest BCUT2D eigenvalue weighted by Gasteiger charge is -2.14. The smallest absolute Gasteiger partial charge is 0.238 e. The molecule has 0 atom stereocenters. The van der Waals surface area contributed by atoms with E-state index >= 15 is 0 Å². The summed E-state index contributed by atoms with van der Waals surface area (Å²) in [6.07, 6.45) is 0. The van der Waals surface area contributed by atoms with Crippen molar-refractivity contribution in [2.24, 2.45) is 0 Å². The molecule has 0 unspecified atom stereocenters. The Kier molecular flexibility index (Phi) is 19.3. The maximum atomic E-state index is 5.36. The molecule has 9 aromatic heterocycles. The number of hydrogen-bond acceptors (Lipinski definition) is 7. The van der Waals surface area contributed by atoms with Crippen molar-refractivity contribution in [1.29, 1.82) is 0 Å². The molecule has 0 N–H and O–H groups in total. The van der Waals surface area contributed by atoms with Gasteiger partial charge in [0, 0.05) is 125 Å². The molecule has 0 saturated carbocycles. The Balaban J connectivity index is 0.000000103. The standard InChI is InChI=1S/C45H27N3S.C44H28N4.C43H27N5/c1-2-13-30(14-3-1)47-38-20-10-9-19-37(38)46-45(47)29-22-25-31(26-23-29)48-42-32-15-5-4-12-28(32)24-27-36(42)40-33-16-6-7-17-34(33)41-35-18-8-11-21-39(35)49-44(41)43(40)48;1-4-16-29(17-5-1)36-28-37(30-18-6-2-7-19-30)46-44(45-36)48-39-27-15-13-25-35(39)41-33-23-11-10-22-32(33)40-34-24-12-14-26-38(34)47(42(40)43(41)48)31-20-8-3-9-21-31;1-4-16-28(17-5-1)41-44-42(29-18-6-2-7-19-29)46-43(45-41)48-36-27-15-13-25-34(36)38-32-23-11-10-22-31(32)37-33-24-12-14-26-35(33)47(39(37)40(38)48)30-20-8-3-9-21-30/h1-27H;1-28H;1-27H. The summed E-state index contributed by atoms with van der Waals surface area (Å²) >= 11 is 1.90. The predicted molar refractivity (Wildman–Crippen MR) is 605 cm³/mol. The Morgan fingerprint density at radius 1 is 0.172 bits per heavy atom. The number of imidazole rings is 1. The van der Waals surface area contributed by atoms with Crippen molar-refractivity contribution >= 4 is 195 Å². The zero-order chi connectivity index (χ0) is 95.3. The Hall–Kier alpha value is -19.3. The van der Waals surface area contributed by atoms with Crippen LogP contribution >= 0.6 is 11.3 Å². The van der Waals surface area contributed by atoms with E-state index in [1.807, 2.05) is 59.9 Å². The van der Waals surface area contributed by atoms with Crippen LogP contribution in [-0.4, -0.2) is 57.3 Å². The molecular weight excluding hydrogens is 1790 g/mol. The molecule has 12 nitrogen and oxygen atoms in total. The summed E-state index contributed by atoms with van der Waals surface area (Å²) in [5.41, 5.74) is 24.7. The molecule has 31 aromatic rings. The van der Waals surface area contributed by atoms with Crippen molar-refractivity contribution in [3.05, 3.63) is 497 Å². The van der Waals surface area contributed by atoms with Gasteiger partial charge in [-0.2, -0.15) is 9.97 Å². The summed E-state index contributed by atoms with van der Waals surface area (Å²) in [7, 11) is 0. The lowest BCUT2D eigenvalue weighted by atomic mass is 9.98. The average molecular weight is 1870 g/mol. The van der Waals surface area contributed by atoms with Gasteiger partial charge in [0.05, 0.1) is 82.3 Å². The van der Waals surface area contributed by atoms with Gasteiger partial charge in [0.1, 0.15) is 5.82 Å². The van der Waals surface area contributed by atoms with E-state index in [2.05, 4.69) is 476 Å². The van der Waals surface area contributed by atoms with Crippen LogP contribution < -0.4 is 0 Å². The van der Waals surface area contributed by atoms with E-state index in [4.69, 9.17) is 29.9 Å². The number of fused-ring (bicyclic) bond motifs is 33. The van der Waals surface area contributed by atoms with E-state index in [0.29, 0.717) is 23.5 Å². The second-order valence-electron chi connectivity index (χ2n) is 37.0. The Bertz CT molecular complexity index is 10100. The Morgan fingerprint density at radius 3 is 0.945 bits per heavy atom. The topological polar surface area (TPSA) is 107 Å². The van der Waals surface area contributed by atoms with Crippen molar-refractivity contribution in [1.82, 2.24) is 57.3 Å². The van der Waals surface area contributed by atoms with E-state index in [-0.39, 0.29) is 0 Å². The van der Waals surface area contributed by atoms with Crippen LogP contribution in [0.15, 0.2) is 497 Å². The molecule has 0 saturated heterocycles. The van der Waals surface area contributed by atoms with Gasteiger partial charge < -0.3 is 13.7 Å². The normalized spacial score (nSPS) is 11.9. The molecule has 31 rings (SSSR count). The molecular formula is C132H82N12S. The zero-order valence-electron chi connectivity index (χ0n) is 78.1. The fourth-order valence-corrected chi connectivity index (χ4v) is 24.1. The molecule has 0 radical (unpaired) electrons. The highest BCUT2D eigenvalue weighted by Gasteiger charge is 2.31. The zero-order valence-corrected chi connectivity index (χ0v) is 78.9. The molecule has 676 valence electrons. The van der Waals surface area contributed by atoms with Gasteiger partial charge in [-0.1, -0.05) is 388 Å². The Labute approximate surface area is 834 Å². The first-order valence-electron chi connectivity index (χ1n) is 49.1. The number of nitrogens with zero attached hydrogens (tertiary/aromatic N) is 12. The van der Waals surface area contributed by atoms with Crippen LogP contribution in [0.5, 0.6) is 0 Å². The van der Waals surface area contributed by atoms with Crippen LogP contribution in [-0.2, 0) is 0 Å². The number of aromatic nitrogens is 12. The average Bonchev–Trinajstić information content (AvgIpc) is 1.53. The van der Waals surface area contributed by atoms with E-state index in [1.165, 1.54) is 123 Å². The molecule has 9 heterocycles.